The first-order chi connectivity index (χ1) is 15.3. The van der Waals surface area contributed by atoms with Crippen LogP contribution >= 0.6 is 0 Å². The van der Waals surface area contributed by atoms with Gasteiger partial charge in [-0.15, -0.1) is 0 Å². The van der Waals surface area contributed by atoms with Crippen molar-refractivity contribution in [3.63, 3.8) is 0 Å². The number of aromatic amines is 1. The molecular formula is C21H27N5O6. The zero-order valence-electron chi connectivity index (χ0n) is 18.0. The number of anilines is 1. The number of amides is 2. The van der Waals surface area contributed by atoms with Gasteiger partial charge in [-0.3, -0.25) is 23.9 Å². The van der Waals surface area contributed by atoms with E-state index in [9.17, 15) is 24.3 Å². The largest absolute Gasteiger partial charge is 0.495 e. The SMILES string of the molecule is COc1ccccc1N1CCN(C(=O)[C@H](CO)NC(=O)Cn2cc(C)c(=O)[nH]c2=O)CC1. The van der Waals surface area contributed by atoms with Crippen molar-refractivity contribution in [2.75, 3.05) is 44.8 Å². The van der Waals surface area contributed by atoms with Crippen molar-refractivity contribution in [2.24, 2.45) is 0 Å². The standard InChI is InChI=1S/C21H27N5O6/c1-14-11-26(21(31)23-19(14)29)12-18(28)22-15(13-27)20(30)25-9-7-24(8-10-25)16-5-3-4-6-17(16)32-2/h3-6,11,15,27H,7-10,12-13H2,1-2H3,(H,22,28)(H,23,29,31)/t15-/m0/s1. The Kier molecular flexibility index (Phi) is 7.31. The third kappa shape index (κ3) is 5.17. The number of ether oxygens (including phenoxy) is 1. The van der Waals surface area contributed by atoms with Crippen molar-refractivity contribution in [1.82, 2.24) is 19.8 Å². The first kappa shape index (κ1) is 23.1. The molecule has 1 aliphatic rings. The van der Waals surface area contributed by atoms with Crippen molar-refractivity contribution in [3.8, 4) is 5.75 Å². The molecule has 0 aliphatic carbocycles. The number of hydrogen-bond acceptors (Lipinski definition) is 7. The third-order valence-corrected chi connectivity index (χ3v) is 5.34. The second-order valence-corrected chi connectivity index (χ2v) is 7.49. The molecule has 1 aliphatic heterocycles. The minimum atomic E-state index is -1.13. The lowest BCUT2D eigenvalue weighted by Crippen LogP contribution is -2.56. The summed E-state index contributed by atoms with van der Waals surface area (Å²) in [6.07, 6.45) is 1.27. The quantitative estimate of drug-likeness (QED) is 0.481. The summed E-state index contributed by atoms with van der Waals surface area (Å²) < 4.78 is 6.44. The number of H-pyrrole nitrogens is 1. The highest BCUT2D eigenvalue weighted by molar-refractivity contribution is 5.88. The average Bonchev–Trinajstić information content (AvgIpc) is 2.80. The van der Waals surface area contributed by atoms with Gasteiger partial charge in [-0.05, 0) is 19.1 Å². The van der Waals surface area contributed by atoms with Crippen LogP contribution in [0.4, 0.5) is 5.69 Å². The van der Waals surface area contributed by atoms with Crippen LogP contribution in [0.15, 0.2) is 40.1 Å². The summed E-state index contributed by atoms with van der Waals surface area (Å²) >= 11 is 0. The van der Waals surface area contributed by atoms with E-state index in [4.69, 9.17) is 4.74 Å². The number of nitrogens with zero attached hydrogens (tertiary/aromatic N) is 3. The molecule has 1 aromatic heterocycles. The smallest absolute Gasteiger partial charge is 0.328 e. The van der Waals surface area contributed by atoms with Gasteiger partial charge in [0.25, 0.3) is 5.56 Å². The molecule has 172 valence electrons. The van der Waals surface area contributed by atoms with Crippen LogP contribution in [-0.4, -0.2) is 77.3 Å². The van der Waals surface area contributed by atoms with Crippen LogP contribution in [0, 0.1) is 6.92 Å². The van der Waals surface area contributed by atoms with Gasteiger partial charge in [-0.25, -0.2) is 4.79 Å². The van der Waals surface area contributed by atoms with Gasteiger partial charge in [-0.2, -0.15) is 0 Å². The Labute approximate surface area is 184 Å². The lowest BCUT2D eigenvalue weighted by molar-refractivity contribution is -0.138. The number of nitrogens with one attached hydrogen (secondary N) is 2. The van der Waals surface area contributed by atoms with Crippen molar-refractivity contribution >= 4 is 17.5 Å². The molecule has 2 aromatic rings. The van der Waals surface area contributed by atoms with E-state index in [1.807, 2.05) is 24.3 Å². The summed E-state index contributed by atoms with van der Waals surface area (Å²) in [5, 5.41) is 12.1. The van der Waals surface area contributed by atoms with Crippen LogP contribution in [0.25, 0.3) is 0 Å². The van der Waals surface area contributed by atoms with Crippen molar-refractivity contribution in [3.05, 3.63) is 56.9 Å². The number of para-hydroxylation sites is 2. The van der Waals surface area contributed by atoms with Gasteiger partial charge in [0, 0.05) is 37.9 Å². The fourth-order valence-electron chi connectivity index (χ4n) is 3.60. The Hall–Kier alpha value is -3.60. The molecule has 1 aromatic carbocycles. The van der Waals surface area contributed by atoms with Crippen LogP contribution in [0.3, 0.4) is 0 Å². The summed E-state index contributed by atoms with van der Waals surface area (Å²) in [5.41, 5.74) is -0.0340. The molecule has 0 radical (unpaired) electrons. The molecule has 0 spiro atoms. The molecule has 1 atom stereocenters. The van der Waals surface area contributed by atoms with E-state index >= 15 is 0 Å². The van der Waals surface area contributed by atoms with E-state index in [2.05, 4.69) is 15.2 Å². The minimum Gasteiger partial charge on any atom is -0.495 e. The molecule has 32 heavy (non-hydrogen) atoms. The van der Waals surface area contributed by atoms with E-state index in [1.54, 1.807) is 12.0 Å². The molecule has 2 amide bonds. The van der Waals surface area contributed by atoms with Gasteiger partial charge in [0.2, 0.25) is 11.8 Å². The summed E-state index contributed by atoms with van der Waals surface area (Å²) in [5.74, 6) is -0.273. The van der Waals surface area contributed by atoms with Gasteiger partial charge in [-0.1, -0.05) is 12.1 Å². The van der Waals surface area contributed by atoms with E-state index in [0.29, 0.717) is 26.2 Å². The number of piperazine rings is 1. The molecule has 11 nitrogen and oxygen atoms in total. The monoisotopic (exact) mass is 445 g/mol. The molecule has 2 heterocycles. The number of methoxy groups -OCH3 is 1. The normalized spacial score (nSPS) is 14.7. The Morgan fingerprint density at radius 2 is 1.88 bits per heavy atom. The number of aliphatic hydroxyl groups excluding tert-OH is 1. The fourth-order valence-corrected chi connectivity index (χ4v) is 3.60. The lowest BCUT2D eigenvalue weighted by atomic mass is 10.2. The Morgan fingerprint density at radius 3 is 2.53 bits per heavy atom. The molecule has 1 saturated heterocycles. The predicted molar refractivity (Wildman–Crippen MR) is 117 cm³/mol. The minimum absolute atomic E-state index is 0.278. The Bertz CT molecular complexity index is 1090. The van der Waals surface area contributed by atoms with Crippen molar-refractivity contribution in [1.29, 1.82) is 0 Å². The summed E-state index contributed by atoms with van der Waals surface area (Å²) in [6.45, 7) is 2.54. The Balaban J connectivity index is 1.59. The van der Waals surface area contributed by atoms with E-state index in [0.717, 1.165) is 16.0 Å². The molecule has 1 fully saturated rings. The highest BCUT2D eigenvalue weighted by Gasteiger charge is 2.29. The van der Waals surface area contributed by atoms with Gasteiger partial charge in [0.15, 0.2) is 0 Å². The van der Waals surface area contributed by atoms with E-state index < -0.39 is 35.7 Å². The molecule has 11 heteroatoms. The highest BCUT2D eigenvalue weighted by atomic mass is 16.5. The summed E-state index contributed by atoms with van der Waals surface area (Å²) in [6, 6.07) is 6.51. The summed E-state index contributed by atoms with van der Waals surface area (Å²) in [7, 11) is 1.61. The number of hydrogen-bond donors (Lipinski definition) is 3. The number of aliphatic hydroxyl groups is 1. The zero-order valence-corrected chi connectivity index (χ0v) is 18.0. The number of carbonyl (C=O) groups is 2. The van der Waals surface area contributed by atoms with Crippen LogP contribution in [0.1, 0.15) is 5.56 Å². The predicted octanol–water partition coefficient (Wildman–Crippen LogP) is -1.32. The average molecular weight is 445 g/mol. The Morgan fingerprint density at radius 1 is 1.19 bits per heavy atom. The maximum atomic E-state index is 12.8. The molecule has 0 saturated carbocycles. The van der Waals surface area contributed by atoms with Crippen LogP contribution < -0.4 is 26.2 Å². The maximum absolute atomic E-state index is 12.8. The molecule has 0 unspecified atom stereocenters. The second-order valence-electron chi connectivity index (χ2n) is 7.49. The zero-order chi connectivity index (χ0) is 23.3. The number of carbonyl (C=O) groups excluding carboxylic acids is 2. The number of aromatic nitrogens is 2. The highest BCUT2D eigenvalue weighted by Crippen LogP contribution is 2.28. The van der Waals surface area contributed by atoms with Crippen LogP contribution in [-0.2, 0) is 16.1 Å². The second kappa shape index (κ2) is 10.1. The molecular weight excluding hydrogens is 418 g/mol. The maximum Gasteiger partial charge on any atom is 0.328 e. The number of benzene rings is 1. The van der Waals surface area contributed by atoms with Crippen LogP contribution in [0.5, 0.6) is 5.75 Å². The fraction of sp³-hybridized carbons (Fsp3) is 0.429. The van der Waals surface area contributed by atoms with Crippen LogP contribution in [0.2, 0.25) is 0 Å². The van der Waals surface area contributed by atoms with Crippen molar-refractivity contribution < 1.29 is 19.4 Å². The van der Waals surface area contributed by atoms with Gasteiger partial charge < -0.3 is 25.0 Å². The first-order valence-corrected chi connectivity index (χ1v) is 10.2. The van der Waals surface area contributed by atoms with E-state index in [1.165, 1.54) is 13.1 Å². The number of aryl methyl sites for hydroxylation is 1. The van der Waals surface area contributed by atoms with Gasteiger partial charge in [0.1, 0.15) is 18.3 Å². The van der Waals surface area contributed by atoms with Crippen molar-refractivity contribution in [2.45, 2.75) is 19.5 Å². The third-order valence-electron chi connectivity index (χ3n) is 5.34. The van der Waals surface area contributed by atoms with Gasteiger partial charge in [0.05, 0.1) is 19.4 Å². The summed E-state index contributed by atoms with van der Waals surface area (Å²) in [4.78, 5) is 54.3. The van der Waals surface area contributed by atoms with Gasteiger partial charge >= 0.3 is 5.69 Å². The molecule has 3 N–H and O–H groups in total. The lowest BCUT2D eigenvalue weighted by Gasteiger charge is -2.37. The number of rotatable bonds is 7. The molecule has 0 bridgehead atoms. The molecule has 3 rings (SSSR count). The first-order valence-electron chi connectivity index (χ1n) is 10.2. The topological polar surface area (TPSA) is 137 Å². The van der Waals surface area contributed by atoms with E-state index in [-0.39, 0.29) is 12.1 Å².